The second-order valence-corrected chi connectivity index (χ2v) is 6.14. The molecule has 0 spiro atoms. The third-order valence-electron chi connectivity index (χ3n) is 3.17. The van der Waals surface area contributed by atoms with Gasteiger partial charge >= 0.3 is 0 Å². The van der Waals surface area contributed by atoms with Crippen LogP contribution in [0.1, 0.15) is 29.8 Å². The molecule has 0 bridgehead atoms. The lowest BCUT2D eigenvalue weighted by atomic mass is 10.1. The second-order valence-electron chi connectivity index (χ2n) is 5.71. The van der Waals surface area contributed by atoms with Gasteiger partial charge in [0.25, 0.3) is 5.91 Å². The number of benzene rings is 1. The summed E-state index contributed by atoms with van der Waals surface area (Å²) in [6, 6.07) is 7.61. The lowest BCUT2D eigenvalue weighted by Crippen LogP contribution is -2.26. The first-order valence-corrected chi connectivity index (χ1v) is 8.01. The van der Waals surface area contributed by atoms with E-state index in [9.17, 15) is 4.79 Å². The zero-order chi connectivity index (χ0) is 16.7. The second kappa shape index (κ2) is 8.48. The molecule has 0 aliphatic carbocycles. The minimum absolute atomic E-state index is 0.178. The van der Waals surface area contributed by atoms with Crippen molar-refractivity contribution in [3.05, 3.63) is 52.8 Å². The molecule has 1 heterocycles. The summed E-state index contributed by atoms with van der Waals surface area (Å²) in [6.45, 7) is 5.54. The summed E-state index contributed by atoms with van der Waals surface area (Å²) in [5.74, 6) is 0.865. The topological polar surface area (TPSA) is 66.9 Å². The average Bonchev–Trinajstić information content (AvgIpc) is 2.53. The van der Waals surface area contributed by atoms with Crippen LogP contribution in [-0.4, -0.2) is 29.0 Å². The summed E-state index contributed by atoms with van der Waals surface area (Å²) < 4.78 is 0. The van der Waals surface area contributed by atoms with E-state index >= 15 is 0 Å². The average molecular weight is 333 g/mol. The molecule has 0 unspecified atom stereocenters. The molecule has 0 fully saturated rings. The van der Waals surface area contributed by atoms with E-state index in [0.29, 0.717) is 29.0 Å². The Kier molecular flexibility index (Phi) is 6.35. The Morgan fingerprint density at radius 3 is 2.65 bits per heavy atom. The third-order valence-corrected chi connectivity index (χ3v) is 3.41. The molecule has 2 rings (SSSR count). The normalized spacial score (nSPS) is 10.6. The number of hydrogen-bond donors (Lipinski definition) is 2. The molecule has 1 aromatic carbocycles. The SMILES string of the molecule is CC(C)CNc1ncc(C(=O)NCCc2cccc(Cl)c2)cn1. The standard InChI is InChI=1S/C17H21ClN4O/c1-12(2)9-20-17-21-10-14(11-22-17)16(23)19-7-6-13-4-3-5-15(18)8-13/h3-5,8,10-12H,6-7,9H2,1-2H3,(H,19,23)(H,20,21,22). The molecule has 5 nitrogen and oxygen atoms in total. The molecule has 6 heteroatoms. The van der Waals surface area contributed by atoms with Crippen molar-refractivity contribution in [2.45, 2.75) is 20.3 Å². The Hall–Kier alpha value is -2.14. The van der Waals surface area contributed by atoms with E-state index in [0.717, 1.165) is 18.5 Å². The Morgan fingerprint density at radius 1 is 1.26 bits per heavy atom. The fraction of sp³-hybridized carbons (Fsp3) is 0.353. The molecule has 1 aromatic heterocycles. The number of nitrogens with one attached hydrogen (secondary N) is 2. The first-order valence-electron chi connectivity index (χ1n) is 7.63. The van der Waals surface area contributed by atoms with E-state index in [2.05, 4.69) is 34.4 Å². The zero-order valence-corrected chi connectivity index (χ0v) is 14.1. The predicted octanol–water partition coefficient (Wildman–Crippen LogP) is 3.17. The minimum atomic E-state index is -0.178. The highest BCUT2D eigenvalue weighted by Crippen LogP contribution is 2.10. The molecule has 1 amide bonds. The van der Waals surface area contributed by atoms with Gasteiger partial charge in [-0.1, -0.05) is 37.6 Å². The zero-order valence-electron chi connectivity index (χ0n) is 13.3. The summed E-state index contributed by atoms with van der Waals surface area (Å²) >= 11 is 5.93. The molecule has 2 aromatic rings. The van der Waals surface area contributed by atoms with Gasteiger partial charge in [-0.3, -0.25) is 4.79 Å². The van der Waals surface area contributed by atoms with E-state index in [1.807, 2.05) is 24.3 Å². The molecule has 0 aliphatic rings. The fourth-order valence-corrected chi connectivity index (χ4v) is 2.16. The van der Waals surface area contributed by atoms with Crippen LogP contribution in [0.4, 0.5) is 5.95 Å². The monoisotopic (exact) mass is 332 g/mol. The summed E-state index contributed by atoms with van der Waals surface area (Å²) in [6.07, 6.45) is 3.79. The number of nitrogens with zero attached hydrogens (tertiary/aromatic N) is 2. The van der Waals surface area contributed by atoms with Gasteiger partial charge in [0.1, 0.15) is 0 Å². The van der Waals surface area contributed by atoms with Crippen LogP contribution in [-0.2, 0) is 6.42 Å². The maximum Gasteiger partial charge on any atom is 0.254 e. The number of anilines is 1. The van der Waals surface area contributed by atoms with Crippen molar-refractivity contribution < 1.29 is 4.79 Å². The quantitative estimate of drug-likeness (QED) is 0.817. The smallest absolute Gasteiger partial charge is 0.254 e. The number of aromatic nitrogens is 2. The van der Waals surface area contributed by atoms with Crippen molar-refractivity contribution >= 4 is 23.5 Å². The number of hydrogen-bond acceptors (Lipinski definition) is 4. The van der Waals surface area contributed by atoms with Gasteiger partial charge in [-0.15, -0.1) is 0 Å². The Balaban J connectivity index is 1.81. The maximum atomic E-state index is 12.0. The molecule has 0 atom stereocenters. The van der Waals surface area contributed by atoms with E-state index < -0.39 is 0 Å². The van der Waals surface area contributed by atoms with Crippen molar-refractivity contribution in [1.82, 2.24) is 15.3 Å². The number of halogens is 1. The highest BCUT2D eigenvalue weighted by Gasteiger charge is 2.07. The van der Waals surface area contributed by atoms with E-state index in [1.165, 1.54) is 12.4 Å². The maximum absolute atomic E-state index is 12.0. The summed E-state index contributed by atoms with van der Waals surface area (Å²) in [7, 11) is 0. The highest BCUT2D eigenvalue weighted by molar-refractivity contribution is 6.30. The molecule has 0 saturated heterocycles. The van der Waals surface area contributed by atoms with Crippen LogP contribution in [0.25, 0.3) is 0 Å². The van der Waals surface area contributed by atoms with Gasteiger partial charge in [0.15, 0.2) is 0 Å². The van der Waals surface area contributed by atoms with Gasteiger partial charge in [-0.25, -0.2) is 9.97 Å². The van der Waals surface area contributed by atoms with Crippen LogP contribution in [0, 0.1) is 5.92 Å². The van der Waals surface area contributed by atoms with Gasteiger partial charge in [0.2, 0.25) is 5.95 Å². The van der Waals surface area contributed by atoms with Gasteiger partial charge in [0, 0.05) is 30.5 Å². The minimum Gasteiger partial charge on any atom is -0.354 e. The van der Waals surface area contributed by atoms with E-state index in [4.69, 9.17) is 11.6 Å². The van der Waals surface area contributed by atoms with E-state index in [1.54, 1.807) is 0 Å². The summed E-state index contributed by atoms with van der Waals surface area (Å²) in [4.78, 5) is 20.3. The fourth-order valence-electron chi connectivity index (χ4n) is 1.95. The highest BCUT2D eigenvalue weighted by atomic mass is 35.5. The summed E-state index contributed by atoms with van der Waals surface area (Å²) in [5.41, 5.74) is 1.54. The van der Waals surface area contributed by atoms with Gasteiger partial charge in [-0.2, -0.15) is 0 Å². The van der Waals surface area contributed by atoms with Crippen LogP contribution >= 0.6 is 11.6 Å². The van der Waals surface area contributed by atoms with Crippen molar-refractivity contribution in [1.29, 1.82) is 0 Å². The Bertz CT molecular complexity index is 643. The van der Waals surface area contributed by atoms with Crippen LogP contribution in [0.3, 0.4) is 0 Å². The molecule has 122 valence electrons. The number of rotatable bonds is 7. The van der Waals surface area contributed by atoms with E-state index in [-0.39, 0.29) is 5.91 Å². The molecule has 0 saturated carbocycles. The lowest BCUT2D eigenvalue weighted by Gasteiger charge is -2.08. The van der Waals surface area contributed by atoms with Gasteiger partial charge in [-0.05, 0) is 30.0 Å². The first-order chi connectivity index (χ1) is 11.0. The molecule has 0 aliphatic heterocycles. The Labute approximate surface area is 141 Å². The van der Waals surface area contributed by atoms with Crippen LogP contribution in [0.5, 0.6) is 0 Å². The van der Waals surface area contributed by atoms with Crippen LogP contribution < -0.4 is 10.6 Å². The van der Waals surface area contributed by atoms with Crippen molar-refractivity contribution in [2.75, 3.05) is 18.4 Å². The molecule has 23 heavy (non-hydrogen) atoms. The summed E-state index contributed by atoms with van der Waals surface area (Å²) in [5, 5.41) is 6.67. The molecular weight excluding hydrogens is 312 g/mol. The van der Waals surface area contributed by atoms with Crippen LogP contribution in [0.2, 0.25) is 5.02 Å². The number of amides is 1. The van der Waals surface area contributed by atoms with Crippen molar-refractivity contribution in [2.24, 2.45) is 5.92 Å². The number of carbonyl (C=O) groups is 1. The lowest BCUT2D eigenvalue weighted by molar-refractivity contribution is 0.0953. The van der Waals surface area contributed by atoms with Gasteiger partial charge < -0.3 is 10.6 Å². The largest absolute Gasteiger partial charge is 0.354 e. The first kappa shape index (κ1) is 17.2. The van der Waals surface area contributed by atoms with Gasteiger partial charge in [0.05, 0.1) is 5.56 Å². The third kappa shape index (κ3) is 5.87. The molecule has 0 radical (unpaired) electrons. The Morgan fingerprint density at radius 2 is 2.00 bits per heavy atom. The molecule has 2 N–H and O–H groups in total. The van der Waals surface area contributed by atoms with Crippen LogP contribution in [0.15, 0.2) is 36.7 Å². The predicted molar refractivity (Wildman–Crippen MR) is 92.8 cm³/mol. The van der Waals surface area contributed by atoms with Crippen molar-refractivity contribution in [3.63, 3.8) is 0 Å². The number of carbonyl (C=O) groups excluding carboxylic acids is 1. The molecular formula is C17H21ClN4O. The van der Waals surface area contributed by atoms with Crippen molar-refractivity contribution in [3.8, 4) is 0 Å².